The van der Waals surface area contributed by atoms with Crippen LogP contribution in [0, 0.1) is 0 Å². The summed E-state index contributed by atoms with van der Waals surface area (Å²) in [6, 6.07) is 5.89. The number of benzene rings is 1. The highest BCUT2D eigenvalue weighted by Crippen LogP contribution is 2.40. The fraction of sp³-hybridized carbons (Fsp3) is 0.412. The molecule has 0 saturated heterocycles. The van der Waals surface area contributed by atoms with E-state index in [2.05, 4.69) is 5.32 Å². The number of rotatable bonds is 1. The van der Waals surface area contributed by atoms with Crippen LogP contribution in [0.25, 0.3) is 10.9 Å². The smallest absolute Gasteiger partial charge is 0.265 e. The molecule has 0 radical (unpaired) electrons. The number of aryl methyl sites for hydroxylation is 1. The van der Waals surface area contributed by atoms with Gasteiger partial charge in [0.2, 0.25) is 0 Å². The zero-order valence-electron chi connectivity index (χ0n) is 12.1. The maximum Gasteiger partial charge on any atom is 0.265 e. The molecule has 2 aromatic rings. The van der Waals surface area contributed by atoms with Crippen molar-refractivity contribution in [2.24, 2.45) is 0 Å². The Morgan fingerprint density at radius 1 is 1.33 bits per heavy atom. The molecule has 1 amide bonds. The quantitative estimate of drug-likeness (QED) is 0.873. The molecule has 4 nitrogen and oxygen atoms in total. The fourth-order valence-corrected chi connectivity index (χ4v) is 3.36. The van der Waals surface area contributed by atoms with Crippen LogP contribution < -0.4 is 10.1 Å². The third-order valence-corrected chi connectivity index (χ3v) is 4.43. The van der Waals surface area contributed by atoms with E-state index < -0.39 is 6.10 Å². The Balaban J connectivity index is 2.02. The first kappa shape index (κ1) is 12.6. The second-order valence-corrected chi connectivity index (χ2v) is 5.77. The van der Waals surface area contributed by atoms with Gasteiger partial charge in [0.1, 0.15) is 5.75 Å². The largest absolute Gasteiger partial charge is 0.480 e. The molecule has 0 fully saturated rings. The summed E-state index contributed by atoms with van der Waals surface area (Å²) >= 11 is 0. The molecule has 0 spiro atoms. The molecule has 0 bridgehead atoms. The number of amides is 1. The third-order valence-electron chi connectivity index (χ3n) is 4.43. The van der Waals surface area contributed by atoms with E-state index in [1.165, 1.54) is 12.0 Å². The van der Waals surface area contributed by atoms with Crippen molar-refractivity contribution in [1.82, 2.24) is 4.98 Å². The molecule has 4 heteroatoms. The number of ether oxygens (including phenoxy) is 1. The highest BCUT2D eigenvalue weighted by Gasteiger charge is 2.28. The van der Waals surface area contributed by atoms with Crippen molar-refractivity contribution in [2.75, 3.05) is 5.32 Å². The molecule has 1 atom stereocenters. The number of fused-ring (bicyclic) bond motifs is 2. The van der Waals surface area contributed by atoms with Gasteiger partial charge in [-0.15, -0.1) is 0 Å². The minimum Gasteiger partial charge on any atom is -0.480 e. The van der Waals surface area contributed by atoms with E-state index in [0.717, 1.165) is 47.3 Å². The van der Waals surface area contributed by atoms with E-state index in [-0.39, 0.29) is 5.91 Å². The lowest BCUT2D eigenvalue weighted by atomic mass is 9.92. The predicted molar refractivity (Wildman–Crippen MR) is 81.7 cm³/mol. The van der Waals surface area contributed by atoms with Crippen molar-refractivity contribution in [3.8, 4) is 5.75 Å². The van der Waals surface area contributed by atoms with Crippen LogP contribution >= 0.6 is 0 Å². The monoisotopic (exact) mass is 282 g/mol. The average Bonchev–Trinajstić information content (AvgIpc) is 2.65. The second kappa shape index (κ2) is 4.72. The molecule has 1 aromatic carbocycles. The zero-order chi connectivity index (χ0) is 14.4. The Hall–Kier alpha value is -2.10. The standard InChI is InChI=1S/C17H18N2O2/c1-2-13-17(20)19-16-10-6-3-4-7-11(10)18-12-8-5-9-14(21-13)15(12)16/h5,8-9,13H,2-4,6-7H2,1H3,(H,19,20). The number of nitrogens with zero attached hydrogens (tertiary/aromatic N) is 1. The Bertz CT molecular complexity index is 739. The van der Waals surface area contributed by atoms with Gasteiger partial charge in [-0.1, -0.05) is 13.0 Å². The lowest BCUT2D eigenvalue weighted by molar-refractivity contribution is -0.122. The maximum absolute atomic E-state index is 12.4. The van der Waals surface area contributed by atoms with Crippen molar-refractivity contribution in [3.63, 3.8) is 0 Å². The third kappa shape index (κ3) is 1.89. The minimum absolute atomic E-state index is 0.0472. The number of hydrogen-bond donors (Lipinski definition) is 1. The Morgan fingerprint density at radius 3 is 3.05 bits per heavy atom. The average molecular weight is 282 g/mol. The molecule has 21 heavy (non-hydrogen) atoms. The predicted octanol–water partition coefficient (Wildman–Crippen LogP) is 3.22. The van der Waals surface area contributed by atoms with Gasteiger partial charge in [0.15, 0.2) is 6.10 Å². The summed E-state index contributed by atoms with van der Waals surface area (Å²) in [5, 5.41) is 4.07. The molecule has 1 aliphatic heterocycles. The van der Waals surface area contributed by atoms with Crippen LogP contribution in [-0.4, -0.2) is 17.0 Å². The number of nitrogens with one attached hydrogen (secondary N) is 1. The van der Waals surface area contributed by atoms with Gasteiger partial charge in [-0.25, -0.2) is 0 Å². The van der Waals surface area contributed by atoms with E-state index in [0.29, 0.717) is 6.42 Å². The van der Waals surface area contributed by atoms with Crippen LogP contribution in [0.2, 0.25) is 0 Å². The highest BCUT2D eigenvalue weighted by atomic mass is 16.5. The molecule has 4 rings (SSSR count). The lowest BCUT2D eigenvalue weighted by Crippen LogP contribution is -2.31. The van der Waals surface area contributed by atoms with Gasteiger partial charge in [0.05, 0.1) is 16.6 Å². The summed E-state index contributed by atoms with van der Waals surface area (Å²) in [7, 11) is 0. The molecule has 2 aliphatic rings. The van der Waals surface area contributed by atoms with E-state index in [1.807, 2.05) is 25.1 Å². The summed E-state index contributed by atoms with van der Waals surface area (Å²) in [6.45, 7) is 1.97. The van der Waals surface area contributed by atoms with Crippen LogP contribution in [-0.2, 0) is 17.6 Å². The van der Waals surface area contributed by atoms with Crippen molar-refractivity contribution >= 4 is 22.5 Å². The summed E-state index contributed by atoms with van der Waals surface area (Å²) in [6.07, 6.45) is 4.54. The van der Waals surface area contributed by atoms with Crippen LogP contribution in [0.5, 0.6) is 5.75 Å². The van der Waals surface area contributed by atoms with Gasteiger partial charge < -0.3 is 10.1 Å². The van der Waals surface area contributed by atoms with Gasteiger partial charge >= 0.3 is 0 Å². The Kier molecular flexibility index (Phi) is 2.84. The topological polar surface area (TPSA) is 51.2 Å². The Labute approximate surface area is 123 Å². The van der Waals surface area contributed by atoms with E-state index in [4.69, 9.17) is 9.72 Å². The van der Waals surface area contributed by atoms with Crippen molar-refractivity contribution in [1.29, 1.82) is 0 Å². The van der Waals surface area contributed by atoms with Crippen LogP contribution in [0.4, 0.5) is 5.69 Å². The molecule has 1 aliphatic carbocycles. The number of aromatic nitrogens is 1. The summed E-state index contributed by atoms with van der Waals surface area (Å²) in [5.74, 6) is 0.725. The number of pyridine rings is 1. The minimum atomic E-state index is -0.428. The van der Waals surface area contributed by atoms with Gasteiger partial charge in [-0.2, -0.15) is 0 Å². The van der Waals surface area contributed by atoms with Crippen LogP contribution in [0.1, 0.15) is 37.4 Å². The first-order chi connectivity index (χ1) is 10.3. The Morgan fingerprint density at radius 2 is 2.19 bits per heavy atom. The van der Waals surface area contributed by atoms with E-state index in [9.17, 15) is 4.79 Å². The van der Waals surface area contributed by atoms with Crippen molar-refractivity contribution in [2.45, 2.75) is 45.1 Å². The van der Waals surface area contributed by atoms with E-state index in [1.54, 1.807) is 0 Å². The fourth-order valence-electron chi connectivity index (χ4n) is 3.36. The molecular formula is C17H18N2O2. The van der Waals surface area contributed by atoms with E-state index >= 15 is 0 Å². The SMILES string of the molecule is CCC1Oc2cccc3nc4c(c(c23)NC1=O)CCCC4. The molecule has 1 unspecified atom stereocenters. The van der Waals surface area contributed by atoms with Crippen molar-refractivity contribution < 1.29 is 9.53 Å². The molecule has 1 aromatic heterocycles. The molecular weight excluding hydrogens is 264 g/mol. The van der Waals surface area contributed by atoms with Crippen LogP contribution in [0.15, 0.2) is 18.2 Å². The molecule has 108 valence electrons. The zero-order valence-corrected chi connectivity index (χ0v) is 12.1. The molecule has 0 saturated carbocycles. The number of carbonyl (C=O) groups excluding carboxylic acids is 1. The number of carbonyl (C=O) groups is 1. The summed E-state index contributed by atoms with van der Waals surface area (Å²) < 4.78 is 5.93. The highest BCUT2D eigenvalue weighted by molar-refractivity contribution is 6.08. The van der Waals surface area contributed by atoms with Gasteiger partial charge in [0.25, 0.3) is 5.91 Å². The van der Waals surface area contributed by atoms with Crippen molar-refractivity contribution in [3.05, 3.63) is 29.5 Å². The number of hydrogen-bond acceptors (Lipinski definition) is 3. The van der Waals surface area contributed by atoms with Gasteiger partial charge in [-0.3, -0.25) is 9.78 Å². The van der Waals surface area contributed by atoms with Gasteiger partial charge in [-0.05, 0) is 49.8 Å². The maximum atomic E-state index is 12.4. The lowest BCUT2D eigenvalue weighted by Gasteiger charge is -2.20. The second-order valence-electron chi connectivity index (χ2n) is 5.77. The summed E-state index contributed by atoms with van der Waals surface area (Å²) in [5.41, 5.74) is 4.19. The normalized spacial score (nSPS) is 20.4. The first-order valence-corrected chi connectivity index (χ1v) is 7.70. The van der Waals surface area contributed by atoms with Gasteiger partial charge in [0, 0.05) is 5.69 Å². The number of anilines is 1. The molecule has 1 N–H and O–H groups in total. The molecule has 2 heterocycles. The summed E-state index contributed by atoms with van der Waals surface area (Å²) in [4.78, 5) is 17.2. The van der Waals surface area contributed by atoms with Crippen LogP contribution in [0.3, 0.4) is 0 Å². The first-order valence-electron chi connectivity index (χ1n) is 7.70.